The Bertz CT molecular complexity index is 248. The molecule has 0 aromatic rings. The van der Waals surface area contributed by atoms with Gasteiger partial charge in [0.05, 0.1) is 0 Å². The Labute approximate surface area is 73.9 Å². The molecule has 5 heteroatoms. The quantitative estimate of drug-likeness (QED) is 0.530. The van der Waals surface area contributed by atoms with Crippen molar-refractivity contribution in [1.29, 1.82) is 5.26 Å². The van der Waals surface area contributed by atoms with Crippen LogP contribution in [0.2, 0.25) is 0 Å². The number of allylic oxidation sites excluding steroid dienone is 1. The highest BCUT2D eigenvalue weighted by Crippen LogP contribution is 2.10. The van der Waals surface area contributed by atoms with E-state index in [0.29, 0.717) is 0 Å². The summed E-state index contributed by atoms with van der Waals surface area (Å²) in [5.74, 6) is -0.527. The third-order valence-electron chi connectivity index (χ3n) is 0.734. The summed E-state index contributed by atoms with van der Waals surface area (Å²) in [6, 6.07) is 1.60. The molecular formula is C6H4Cl2N2O. The molecule has 0 atom stereocenters. The number of amides is 1. The van der Waals surface area contributed by atoms with E-state index in [4.69, 9.17) is 28.5 Å². The van der Waals surface area contributed by atoms with Gasteiger partial charge in [-0.05, 0) is 6.08 Å². The number of rotatable bonds is 2. The van der Waals surface area contributed by atoms with Crippen LogP contribution in [0.5, 0.6) is 0 Å². The standard InChI is InChI=1S/C6H4Cl2N2O/c1-2-5(11)10-4(3-9)6(7)8/h2H,1H2,(H,10,11). The molecule has 11 heavy (non-hydrogen) atoms. The highest BCUT2D eigenvalue weighted by Gasteiger charge is 2.03. The first-order chi connectivity index (χ1) is 5.11. The van der Waals surface area contributed by atoms with Gasteiger partial charge in [-0.1, -0.05) is 29.8 Å². The summed E-state index contributed by atoms with van der Waals surface area (Å²) in [6.07, 6.45) is 1.01. The van der Waals surface area contributed by atoms with E-state index < -0.39 is 5.91 Å². The number of hydrogen-bond donors (Lipinski definition) is 1. The second kappa shape index (κ2) is 4.78. The Hall–Kier alpha value is -0.980. The maximum absolute atomic E-state index is 10.6. The van der Waals surface area contributed by atoms with Crippen LogP contribution in [-0.2, 0) is 4.79 Å². The number of carbonyl (C=O) groups is 1. The monoisotopic (exact) mass is 190 g/mol. The first-order valence-electron chi connectivity index (χ1n) is 2.50. The lowest BCUT2D eigenvalue weighted by molar-refractivity contribution is -0.115. The van der Waals surface area contributed by atoms with Crippen LogP contribution in [0.15, 0.2) is 22.8 Å². The van der Waals surface area contributed by atoms with Crippen molar-refractivity contribution in [3.8, 4) is 6.07 Å². The summed E-state index contributed by atoms with van der Waals surface area (Å²) in [4.78, 5) is 10.6. The zero-order valence-electron chi connectivity index (χ0n) is 5.40. The van der Waals surface area contributed by atoms with Gasteiger partial charge in [-0.15, -0.1) is 0 Å². The second-order valence-electron chi connectivity index (χ2n) is 1.44. The Balaban J connectivity index is 4.38. The van der Waals surface area contributed by atoms with Crippen molar-refractivity contribution >= 4 is 29.1 Å². The average molecular weight is 191 g/mol. The van der Waals surface area contributed by atoms with Gasteiger partial charge in [0.2, 0.25) is 5.91 Å². The van der Waals surface area contributed by atoms with Crippen LogP contribution in [0.3, 0.4) is 0 Å². The van der Waals surface area contributed by atoms with E-state index in [0.717, 1.165) is 6.08 Å². The van der Waals surface area contributed by atoms with E-state index in [1.54, 1.807) is 6.07 Å². The smallest absolute Gasteiger partial charge is 0.248 e. The zero-order chi connectivity index (χ0) is 8.85. The van der Waals surface area contributed by atoms with Gasteiger partial charge in [0.1, 0.15) is 10.6 Å². The Morgan fingerprint density at radius 3 is 2.45 bits per heavy atom. The first-order valence-corrected chi connectivity index (χ1v) is 3.26. The van der Waals surface area contributed by atoms with Gasteiger partial charge < -0.3 is 5.32 Å². The van der Waals surface area contributed by atoms with Crippen LogP contribution >= 0.6 is 23.2 Å². The zero-order valence-corrected chi connectivity index (χ0v) is 6.91. The lowest BCUT2D eigenvalue weighted by atomic mass is 10.5. The summed E-state index contributed by atoms with van der Waals surface area (Å²) in [6.45, 7) is 3.18. The predicted molar refractivity (Wildman–Crippen MR) is 42.7 cm³/mol. The number of nitrogens with one attached hydrogen (secondary N) is 1. The van der Waals surface area contributed by atoms with Gasteiger partial charge in [-0.2, -0.15) is 5.26 Å². The lowest BCUT2D eigenvalue weighted by Crippen LogP contribution is -2.19. The fourth-order valence-corrected chi connectivity index (χ4v) is 0.471. The molecule has 0 saturated heterocycles. The minimum Gasteiger partial charge on any atom is -0.312 e. The van der Waals surface area contributed by atoms with Gasteiger partial charge in [0.15, 0.2) is 5.70 Å². The number of nitriles is 1. The van der Waals surface area contributed by atoms with Crippen LogP contribution in [0.25, 0.3) is 0 Å². The van der Waals surface area contributed by atoms with Crippen molar-refractivity contribution in [1.82, 2.24) is 5.32 Å². The van der Waals surface area contributed by atoms with E-state index >= 15 is 0 Å². The molecule has 0 aromatic carbocycles. The topological polar surface area (TPSA) is 52.9 Å². The molecule has 0 aliphatic rings. The van der Waals surface area contributed by atoms with Gasteiger partial charge in [0.25, 0.3) is 0 Å². The molecule has 0 spiro atoms. The van der Waals surface area contributed by atoms with E-state index in [1.807, 2.05) is 0 Å². The predicted octanol–water partition coefficient (Wildman–Crippen LogP) is 1.46. The molecule has 0 aliphatic heterocycles. The lowest BCUT2D eigenvalue weighted by Gasteiger charge is -1.96. The number of halogens is 2. The summed E-state index contributed by atoms with van der Waals surface area (Å²) in [5.41, 5.74) is -0.182. The minimum atomic E-state index is -0.527. The molecule has 0 aliphatic carbocycles. The van der Waals surface area contributed by atoms with Gasteiger partial charge >= 0.3 is 0 Å². The van der Waals surface area contributed by atoms with E-state index in [2.05, 4.69) is 11.9 Å². The normalized spacial score (nSPS) is 7.73. The van der Waals surface area contributed by atoms with Crippen LogP contribution in [0.1, 0.15) is 0 Å². The number of nitrogens with zero attached hydrogens (tertiary/aromatic N) is 1. The minimum absolute atomic E-state index is 0.182. The van der Waals surface area contributed by atoms with Gasteiger partial charge in [0, 0.05) is 0 Å². The van der Waals surface area contributed by atoms with E-state index in [9.17, 15) is 4.79 Å². The van der Waals surface area contributed by atoms with Crippen LogP contribution in [0, 0.1) is 11.3 Å². The summed E-state index contributed by atoms with van der Waals surface area (Å²) in [7, 11) is 0. The molecule has 0 heterocycles. The van der Waals surface area contributed by atoms with Crippen molar-refractivity contribution in [3.05, 3.63) is 22.8 Å². The molecule has 1 N–H and O–H groups in total. The SMILES string of the molecule is C=CC(=O)NC(C#N)=C(Cl)Cl. The van der Waals surface area contributed by atoms with Crippen LogP contribution < -0.4 is 5.32 Å². The molecule has 0 aromatic heterocycles. The van der Waals surface area contributed by atoms with Crippen LogP contribution in [0.4, 0.5) is 0 Å². The summed E-state index contributed by atoms with van der Waals surface area (Å²) >= 11 is 10.4. The third kappa shape index (κ3) is 3.66. The second-order valence-corrected chi connectivity index (χ2v) is 2.39. The van der Waals surface area contributed by atoms with Crippen molar-refractivity contribution < 1.29 is 4.79 Å². The molecular weight excluding hydrogens is 187 g/mol. The average Bonchev–Trinajstić information content (AvgIpc) is 1.99. The Kier molecular flexibility index (Phi) is 4.35. The maximum Gasteiger partial charge on any atom is 0.248 e. The molecule has 0 radical (unpaired) electrons. The van der Waals surface area contributed by atoms with Crippen molar-refractivity contribution in [3.63, 3.8) is 0 Å². The molecule has 0 saturated carbocycles. The molecule has 0 rings (SSSR count). The molecule has 0 bridgehead atoms. The number of hydrogen-bond acceptors (Lipinski definition) is 2. The van der Waals surface area contributed by atoms with E-state index in [1.165, 1.54) is 0 Å². The third-order valence-corrected chi connectivity index (χ3v) is 1.11. The Morgan fingerprint density at radius 1 is 1.64 bits per heavy atom. The van der Waals surface area contributed by atoms with Crippen molar-refractivity contribution in [2.24, 2.45) is 0 Å². The van der Waals surface area contributed by atoms with Crippen molar-refractivity contribution in [2.75, 3.05) is 0 Å². The number of carbonyl (C=O) groups excluding carboxylic acids is 1. The van der Waals surface area contributed by atoms with Crippen LogP contribution in [-0.4, -0.2) is 5.91 Å². The van der Waals surface area contributed by atoms with Crippen molar-refractivity contribution in [2.45, 2.75) is 0 Å². The molecule has 0 fully saturated rings. The largest absolute Gasteiger partial charge is 0.312 e. The molecule has 3 nitrogen and oxygen atoms in total. The molecule has 1 amide bonds. The van der Waals surface area contributed by atoms with Gasteiger partial charge in [-0.25, -0.2) is 0 Å². The highest BCUT2D eigenvalue weighted by molar-refractivity contribution is 6.56. The summed E-state index contributed by atoms with van der Waals surface area (Å²) < 4.78 is -0.275. The first kappa shape index (κ1) is 10.0. The molecule has 58 valence electrons. The fourth-order valence-electron chi connectivity index (χ4n) is 0.292. The molecule has 0 unspecified atom stereocenters. The van der Waals surface area contributed by atoms with Gasteiger partial charge in [-0.3, -0.25) is 4.79 Å². The highest BCUT2D eigenvalue weighted by atomic mass is 35.5. The fraction of sp³-hybridized carbons (Fsp3) is 0. The Morgan fingerprint density at radius 2 is 2.18 bits per heavy atom. The maximum atomic E-state index is 10.6. The van der Waals surface area contributed by atoms with E-state index in [-0.39, 0.29) is 10.2 Å². The summed E-state index contributed by atoms with van der Waals surface area (Å²) in [5, 5.41) is 10.4.